The second-order valence-electron chi connectivity index (χ2n) is 6.05. The molecular formula is C19H28N6. The summed E-state index contributed by atoms with van der Waals surface area (Å²) >= 11 is 0. The van der Waals surface area contributed by atoms with Crippen LogP contribution in [0.15, 0.2) is 46.5 Å². The lowest BCUT2D eigenvalue weighted by molar-refractivity contribution is 0.612. The number of hydrogen-bond donors (Lipinski definition) is 3. The maximum atomic E-state index is 5.89. The highest BCUT2D eigenvalue weighted by molar-refractivity contribution is 6.01. The molecular weight excluding hydrogens is 312 g/mol. The molecule has 134 valence electrons. The Morgan fingerprint density at radius 2 is 1.84 bits per heavy atom. The van der Waals surface area contributed by atoms with Crippen LogP contribution in [0.4, 0.5) is 5.69 Å². The Hall–Kier alpha value is -2.63. The molecule has 2 rings (SSSR count). The highest BCUT2D eigenvalue weighted by Gasteiger charge is 2.00. The summed E-state index contributed by atoms with van der Waals surface area (Å²) < 4.78 is 0. The minimum absolute atomic E-state index is 0.201. The number of pyridine rings is 1. The van der Waals surface area contributed by atoms with Gasteiger partial charge in [-0.05, 0) is 18.6 Å². The molecule has 2 aromatic rings. The summed E-state index contributed by atoms with van der Waals surface area (Å²) in [5.41, 5.74) is 13.4. The smallest absolute Gasteiger partial charge is 0.218 e. The highest BCUT2D eigenvalue weighted by atomic mass is 15.2. The van der Waals surface area contributed by atoms with E-state index in [9.17, 15) is 0 Å². The number of rotatable bonds is 8. The molecule has 25 heavy (non-hydrogen) atoms. The molecule has 0 saturated carbocycles. The van der Waals surface area contributed by atoms with Crippen LogP contribution in [0.1, 0.15) is 45.4 Å². The van der Waals surface area contributed by atoms with Gasteiger partial charge in [0, 0.05) is 11.9 Å². The van der Waals surface area contributed by atoms with Crippen LogP contribution in [-0.4, -0.2) is 23.4 Å². The molecule has 0 aliphatic heterocycles. The van der Waals surface area contributed by atoms with Crippen molar-refractivity contribution in [2.45, 2.75) is 45.4 Å². The molecule has 0 fully saturated rings. The van der Waals surface area contributed by atoms with Gasteiger partial charge in [-0.3, -0.25) is 9.98 Å². The summed E-state index contributed by atoms with van der Waals surface area (Å²) in [7, 11) is 0. The minimum atomic E-state index is 0.201. The van der Waals surface area contributed by atoms with Crippen molar-refractivity contribution in [2.24, 2.45) is 21.5 Å². The summed E-state index contributed by atoms with van der Waals surface area (Å²) in [6, 6.07) is 9.85. The first-order valence-electron chi connectivity index (χ1n) is 8.95. The Bertz CT molecular complexity index is 723. The van der Waals surface area contributed by atoms with Crippen molar-refractivity contribution in [1.29, 1.82) is 0 Å². The third-order valence-electron chi connectivity index (χ3n) is 3.88. The highest BCUT2D eigenvalue weighted by Crippen LogP contribution is 2.15. The standard InChI is InChI=1S/C19H28N6/c1-2-3-4-5-6-9-12-22-18(20)25-19(21)24-16-13-15-10-7-8-11-17(15)23-14-16/h7-8,10-11,13-14H,2-6,9,12H2,1H3,(H5,20,21,22,24,25). The SMILES string of the molecule is CCCCCCCCN=C(N)/N=C(\N)Nc1cnc2ccccc2c1. The topological polar surface area (TPSA) is 102 Å². The van der Waals surface area contributed by atoms with Gasteiger partial charge in [0.15, 0.2) is 0 Å². The average molecular weight is 340 g/mol. The lowest BCUT2D eigenvalue weighted by Gasteiger charge is -2.06. The van der Waals surface area contributed by atoms with Crippen molar-refractivity contribution in [2.75, 3.05) is 11.9 Å². The fourth-order valence-electron chi connectivity index (χ4n) is 2.56. The Balaban J connectivity index is 1.81. The molecule has 0 amide bonds. The number of para-hydroxylation sites is 1. The van der Waals surface area contributed by atoms with Gasteiger partial charge in [0.1, 0.15) is 0 Å². The van der Waals surface area contributed by atoms with Gasteiger partial charge < -0.3 is 16.8 Å². The summed E-state index contributed by atoms with van der Waals surface area (Å²) in [5, 5.41) is 4.03. The van der Waals surface area contributed by atoms with Gasteiger partial charge in [-0.15, -0.1) is 0 Å². The summed E-state index contributed by atoms with van der Waals surface area (Å²) in [6.45, 7) is 2.90. The number of unbranched alkanes of at least 4 members (excludes halogenated alkanes) is 5. The zero-order valence-corrected chi connectivity index (χ0v) is 14.9. The Morgan fingerprint density at radius 1 is 1.08 bits per heavy atom. The summed E-state index contributed by atoms with van der Waals surface area (Å²) in [5.74, 6) is 0.411. The van der Waals surface area contributed by atoms with E-state index in [2.05, 4.69) is 27.2 Å². The third-order valence-corrected chi connectivity index (χ3v) is 3.88. The van der Waals surface area contributed by atoms with Gasteiger partial charge in [0.05, 0.1) is 17.4 Å². The van der Waals surface area contributed by atoms with E-state index in [0.29, 0.717) is 6.54 Å². The summed E-state index contributed by atoms with van der Waals surface area (Å²) in [4.78, 5) is 12.7. The number of aliphatic imine (C=N–C) groups is 2. The van der Waals surface area contributed by atoms with Crippen LogP contribution in [0.25, 0.3) is 10.9 Å². The van der Waals surface area contributed by atoms with Crippen LogP contribution in [-0.2, 0) is 0 Å². The number of hydrogen-bond acceptors (Lipinski definition) is 2. The van der Waals surface area contributed by atoms with E-state index >= 15 is 0 Å². The predicted octanol–water partition coefficient (Wildman–Crippen LogP) is 3.64. The van der Waals surface area contributed by atoms with E-state index in [1.807, 2.05) is 30.3 Å². The second kappa shape index (κ2) is 10.3. The number of nitrogens with zero attached hydrogens (tertiary/aromatic N) is 3. The van der Waals surface area contributed by atoms with Crippen LogP contribution in [0.2, 0.25) is 0 Å². The second-order valence-corrected chi connectivity index (χ2v) is 6.05. The Morgan fingerprint density at radius 3 is 2.68 bits per heavy atom. The molecule has 0 saturated heterocycles. The van der Waals surface area contributed by atoms with Crippen LogP contribution >= 0.6 is 0 Å². The van der Waals surface area contributed by atoms with Crippen LogP contribution < -0.4 is 16.8 Å². The number of benzene rings is 1. The van der Waals surface area contributed by atoms with Crippen molar-refractivity contribution in [1.82, 2.24) is 4.98 Å². The van der Waals surface area contributed by atoms with E-state index in [-0.39, 0.29) is 11.9 Å². The monoisotopic (exact) mass is 340 g/mol. The Labute approximate surface area is 149 Å². The summed E-state index contributed by atoms with van der Waals surface area (Å²) in [6.07, 6.45) is 9.04. The van der Waals surface area contributed by atoms with E-state index in [1.54, 1.807) is 6.20 Å². The average Bonchev–Trinajstić information content (AvgIpc) is 2.60. The van der Waals surface area contributed by atoms with Gasteiger partial charge >= 0.3 is 0 Å². The van der Waals surface area contributed by atoms with Crippen molar-refractivity contribution in [3.63, 3.8) is 0 Å². The molecule has 0 unspecified atom stereocenters. The van der Waals surface area contributed by atoms with E-state index < -0.39 is 0 Å². The molecule has 0 spiro atoms. The fraction of sp³-hybridized carbons (Fsp3) is 0.421. The van der Waals surface area contributed by atoms with Gasteiger partial charge in [-0.1, -0.05) is 57.2 Å². The van der Waals surface area contributed by atoms with E-state index in [1.165, 1.54) is 32.1 Å². The van der Waals surface area contributed by atoms with Gasteiger partial charge in [0.25, 0.3) is 0 Å². The zero-order valence-electron chi connectivity index (χ0n) is 14.9. The van der Waals surface area contributed by atoms with Gasteiger partial charge in [0.2, 0.25) is 11.9 Å². The lowest BCUT2D eigenvalue weighted by atomic mass is 10.1. The molecule has 1 aromatic carbocycles. The minimum Gasteiger partial charge on any atom is -0.369 e. The van der Waals surface area contributed by atoms with E-state index in [0.717, 1.165) is 23.0 Å². The Kier molecular flexibility index (Phi) is 7.69. The number of nitrogens with two attached hydrogens (primary N) is 2. The van der Waals surface area contributed by atoms with Crippen LogP contribution in [0, 0.1) is 0 Å². The van der Waals surface area contributed by atoms with Crippen molar-refractivity contribution < 1.29 is 0 Å². The number of aromatic nitrogens is 1. The number of guanidine groups is 2. The molecule has 6 nitrogen and oxygen atoms in total. The lowest BCUT2D eigenvalue weighted by Crippen LogP contribution is -2.26. The molecule has 0 atom stereocenters. The van der Waals surface area contributed by atoms with Crippen molar-refractivity contribution in [3.8, 4) is 0 Å². The van der Waals surface area contributed by atoms with Crippen molar-refractivity contribution in [3.05, 3.63) is 36.5 Å². The van der Waals surface area contributed by atoms with Crippen molar-refractivity contribution >= 4 is 28.5 Å². The number of anilines is 1. The largest absolute Gasteiger partial charge is 0.369 e. The normalized spacial score (nSPS) is 12.5. The maximum absolute atomic E-state index is 5.89. The molecule has 0 aliphatic carbocycles. The molecule has 0 aliphatic rings. The van der Waals surface area contributed by atoms with Gasteiger partial charge in [-0.25, -0.2) is 0 Å². The maximum Gasteiger partial charge on any atom is 0.218 e. The predicted molar refractivity (Wildman–Crippen MR) is 107 cm³/mol. The first-order chi connectivity index (χ1) is 12.2. The fourth-order valence-corrected chi connectivity index (χ4v) is 2.56. The number of nitrogens with one attached hydrogen (secondary N) is 1. The first-order valence-corrected chi connectivity index (χ1v) is 8.95. The molecule has 0 bridgehead atoms. The van der Waals surface area contributed by atoms with Crippen LogP contribution in [0.5, 0.6) is 0 Å². The van der Waals surface area contributed by atoms with Crippen LogP contribution in [0.3, 0.4) is 0 Å². The zero-order chi connectivity index (χ0) is 17.9. The quantitative estimate of drug-likeness (QED) is 0.388. The van der Waals surface area contributed by atoms with E-state index in [4.69, 9.17) is 11.5 Å². The number of fused-ring (bicyclic) bond motifs is 1. The molecule has 5 N–H and O–H groups in total. The first kappa shape index (κ1) is 18.7. The molecule has 6 heteroatoms. The molecule has 0 radical (unpaired) electrons. The van der Waals surface area contributed by atoms with Gasteiger partial charge in [-0.2, -0.15) is 4.99 Å². The molecule has 1 aromatic heterocycles. The third kappa shape index (κ3) is 6.79. The molecule has 1 heterocycles.